The molecule has 0 aliphatic heterocycles. The lowest BCUT2D eigenvalue weighted by atomic mass is 9.57. The number of carbonyl (C=O) groups excluding carboxylic acids is 1. The molecule has 2 aliphatic rings. The maximum absolute atomic E-state index is 12.0. The third-order valence-electron chi connectivity index (χ3n) is 5.14. The number of hydrogen-bond donors (Lipinski definition) is 1. The van der Waals surface area contributed by atoms with E-state index < -0.39 is 0 Å². The Morgan fingerprint density at radius 1 is 1.17 bits per heavy atom. The van der Waals surface area contributed by atoms with Crippen molar-refractivity contribution in [2.75, 3.05) is 19.6 Å². The molecular formula is C15H28N2O. The van der Waals surface area contributed by atoms with Gasteiger partial charge < -0.3 is 10.2 Å². The molecule has 1 amide bonds. The lowest BCUT2D eigenvalue weighted by molar-refractivity contribution is -0.130. The van der Waals surface area contributed by atoms with Crippen molar-refractivity contribution in [3.05, 3.63) is 0 Å². The van der Waals surface area contributed by atoms with Gasteiger partial charge in [0.1, 0.15) is 0 Å². The van der Waals surface area contributed by atoms with E-state index in [1.807, 2.05) is 18.7 Å². The van der Waals surface area contributed by atoms with Gasteiger partial charge in [-0.25, -0.2) is 0 Å². The zero-order chi connectivity index (χ0) is 13.0. The molecule has 0 saturated heterocycles. The molecule has 1 unspecified atom stereocenters. The van der Waals surface area contributed by atoms with E-state index in [0.717, 1.165) is 13.1 Å². The van der Waals surface area contributed by atoms with E-state index >= 15 is 0 Å². The average molecular weight is 252 g/mol. The quantitative estimate of drug-likeness (QED) is 0.815. The lowest BCUT2D eigenvalue weighted by Crippen LogP contribution is -2.56. The number of rotatable bonds is 5. The molecule has 3 nitrogen and oxygen atoms in total. The van der Waals surface area contributed by atoms with E-state index in [9.17, 15) is 4.79 Å². The van der Waals surface area contributed by atoms with Crippen LogP contribution in [-0.4, -0.2) is 36.5 Å². The highest BCUT2D eigenvalue weighted by atomic mass is 16.2. The van der Waals surface area contributed by atoms with Gasteiger partial charge in [-0.3, -0.25) is 4.79 Å². The van der Waals surface area contributed by atoms with Gasteiger partial charge in [-0.1, -0.05) is 19.3 Å². The summed E-state index contributed by atoms with van der Waals surface area (Å²) in [7, 11) is 0. The third kappa shape index (κ3) is 2.71. The number of carbonyl (C=O) groups is 1. The van der Waals surface area contributed by atoms with Crippen molar-refractivity contribution in [3.8, 4) is 0 Å². The van der Waals surface area contributed by atoms with E-state index in [1.54, 1.807) is 0 Å². The maximum atomic E-state index is 12.0. The van der Waals surface area contributed by atoms with Gasteiger partial charge in [0.25, 0.3) is 0 Å². The van der Waals surface area contributed by atoms with E-state index in [1.165, 1.54) is 44.9 Å². The number of amides is 1. The Morgan fingerprint density at radius 3 is 2.33 bits per heavy atom. The monoisotopic (exact) mass is 252 g/mol. The Kier molecular flexibility index (Phi) is 4.66. The zero-order valence-corrected chi connectivity index (χ0v) is 12.0. The van der Waals surface area contributed by atoms with Crippen molar-refractivity contribution >= 4 is 5.91 Å². The summed E-state index contributed by atoms with van der Waals surface area (Å²) in [6.07, 6.45) is 9.60. The molecule has 1 spiro atoms. The molecule has 0 aromatic heterocycles. The molecule has 1 atom stereocenters. The summed E-state index contributed by atoms with van der Waals surface area (Å²) in [6.45, 7) is 6.29. The van der Waals surface area contributed by atoms with Gasteiger partial charge in [0.15, 0.2) is 0 Å². The van der Waals surface area contributed by atoms with Crippen molar-refractivity contribution in [1.29, 1.82) is 0 Å². The van der Waals surface area contributed by atoms with Gasteiger partial charge in [0, 0.05) is 19.1 Å². The Morgan fingerprint density at radius 2 is 1.83 bits per heavy atom. The van der Waals surface area contributed by atoms with Gasteiger partial charge in [0.05, 0.1) is 6.54 Å². The molecule has 2 fully saturated rings. The van der Waals surface area contributed by atoms with Crippen molar-refractivity contribution in [2.45, 2.75) is 64.8 Å². The SMILES string of the molecule is CCN(CC)C(=O)CNC1CCC12CCCCC2. The number of nitrogens with one attached hydrogen (secondary N) is 1. The third-order valence-corrected chi connectivity index (χ3v) is 5.14. The first-order valence-corrected chi connectivity index (χ1v) is 7.73. The van der Waals surface area contributed by atoms with Crippen molar-refractivity contribution in [2.24, 2.45) is 5.41 Å². The standard InChI is InChI=1S/C15H28N2O/c1-3-17(4-2)14(18)12-16-13-8-11-15(13)9-6-5-7-10-15/h13,16H,3-12H2,1-2H3. The molecular weight excluding hydrogens is 224 g/mol. The number of likely N-dealkylation sites (N-methyl/N-ethyl adjacent to an activating group) is 1. The molecule has 2 rings (SSSR count). The minimum atomic E-state index is 0.262. The van der Waals surface area contributed by atoms with Crippen LogP contribution in [0.4, 0.5) is 0 Å². The molecule has 0 aromatic carbocycles. The summed E-state index contributed by atoms with van der Waals surface area (Å²) in [5, 5.41) is 3.54. The smallest absolute Gasteiger partial charge is 0.236 e. The van der Waals surface area contributed by atoms with Crippen LogP contribution in [0, 0.1) is 5.41 Å². The maximum Gasteiger partial charge on any atom is 0.236 e. The van der Waals surface area contributed by atoms with Crippen molar-refractivity contribution < 1.29 is 4.79 Å². The highest BCUT2D eigenvalue weighted by molar-refractivity contribution is 5.78. The summed E-state index contributed by atoms with van der Waals surface area (Å²) < 4.78 is 0. The van der Waals surface area contributed by atoms with Gasteiger partial charge in [0.2, 0.25) is 5.91 Å². The second kappa shape index (κ2) is 6.05. The Labute approximate surface area is 111 Å². The highest BCUT2D eigenvalue weighted by Gasteiger charge is 2.46. The summed E-state index contributed by atoms with van der Waals surface area (Å²) >= 11 is 0. The first-order valence-electron chi connectivity index (χ1n) is 7.73. The summed E-state index contributed by atoms with van der Waals surface area (Å²) in [6, 6.07) is 0.609. The number of hydrogen-bond acceptors (Lipinski definition) is 2. The van der Waals surface area contributed by atoms with Gasteiger partial charge in [-0.15, -0.1) is 0 Å². The van der Waals surface area contributed by atoms with Crippen LogP contribution in [0.5, 0.6) is 0 Å². The molecule has 104 valence electrons. The van der Waals surface area contributed by atoms with E-state index in [4.69, 9.17) is 0 Å². The average Bonchev–Trinajstić information content (AvgIpc) is 2.40. The highest BCUT2D eigenvalue weighted by Crippen LogP contribution is 2.51. The molecule has 2 aliphatic carbocycles. The molecule has 0 radical (unpaired) electrons. The Bertz CT molecular complexity index is 280. The van der Waals surface area contributed by atoms with Crippen LogP contribution in [0.15, 0.2) is 0 Å². The Balaban J connectivity index is 1.78. The second-order valence-electron chi connectivity index (χ2n) is 5.96. The Hall–Kier alpha value is -0.570. The fourth-order valence-corrected chi connectivity index (χ4v) is 3.77. The normalized spacial score (nSPS) is 25.8. The van der Waals surface area contributed by atoms with E-state index in [-0.39, 0.29) is 5.91 Å². The second-order valence-corrected chi connectivity index (χ2v) is 5.96. The summed E-state index contributed by atoms with van der Waals surface area (Å²) in [5.74, 6) is 0.262. The van der Waals surface area contributed by atoms with Crippen molar-refractivity contribution in [1.82, 2.24) is 10.2 Å². The van der Waals surface area contributed by atoms with Crippen LogP contribution in [0.25, 0.3) is 0 Å². The molecule has 0 heterocycles. The van der Waals surface area contributed by atoms with Crippen LogP contribution in [0.3, 0.4) is 0 Å². The van der Waals surface area contributed by atoms with Crippen LogP contribution < -0.4 is 5.32 Å². The molecule has 3 heteroatoms. The molecule has 2 saturated carbocycles. The zero-order valence-electron chi connectivity index (χ0n) is 12.0. The molecule has 1 N–H and O–H groups in total. The van der Waals surface area contributed by atoms with Crippen LogP contribution in [0.2, 0.25) is 0 Å². The first-order chi connectivity index (χ1) is 8.72. The van der Waals surface area contributed by atoms with Crippen LogP contribution in [0.1, 0.15) is 58.8 Å². The molecule has 0 aromatic rings. The van der Waals surface area contributed by atoms with Crippen LogP contribution in [-0.2, 0) is 4.79 Å². The summed E-state index contributed by atoms with van der Waals surface area (Å²) in [5.41, 5.74) is 0.557. The minimum Gasteiger partial charge on any atom is -0.342 e. The molecule has 18 heavy (non-hydrogen) atoms. The predicted molar refractivity (Wildman–Crippen MR) is 74.5 cm³/mol. The van der Waals surface area contributed by atoms with Gasteiger partial charge in [-0.2, -0.15) is 0 Å². The van der Waals surface area contributed by atoms with Crippen molar-refractivity contribution in [3.63, 3.8) is 0 Å². The fraction of sp³-hybridized carbons (Fsp3) is 0.933. The van der Waals surface area contributed by atoms with Gasteiger partial charge in [-0.05, 0) is 44.9 Å². The first kappa shape index (κ1) is 13.9. The van der Waals surface area contributed by atoms with E-state index in [0.29, 0.717) is 18.0 Å². The predicted octanol–water partition coefficient (Wildman–Crippen LogP) is 2.56. The van der Waals surface area contributed by atoms with Crippen LogP contribution >= 0.6 is 0 Å². The molecule has 0 bridgehead atoms. The topological polar surface area (TPSA) is 32.3 Å². The lowest BCUT2D eigenvalue weighted by Gasteiger charge is -2.52. The number of nitrogens with zero attached hydrogens (tertiary/aromatic N) is 1. The summed E-state index contributed by atoms with van der Waals surface area (Å²) in [4.78, 5) is 13.9. The van der Waals surface area contributed by atoms with Gasteiger partial charge >= 0.3 is 0 Å². The van der Waals surface area contributed by atoms with E-state index in [2.05, 4.69) is 5.32 Å². The largest absolute Gasteiger partial charge is 0.342 e. The minimum absolute atomic E-state index is 0.262. The fourth-order valence-electron chi connectivity index (χ4n) is 3.77.